The van der Waals surface area contributed by atoms with E-state index in [-0.39, 0.29) is 60.6 Å². The van der Waals surface area contributed by atoms with E-state index in [0.29, 0.717) is 6.42 Å². The van der Waals surface area contributed by atoms with Crippen molar-refractivity contribution in [2.45, 2.75) is 13.3 Å². The molecule has 6 nitrogen and oxygen atoms in total. The number of nitrogens with two attached hydrogens (primary N) is 1. The average Bonchev–Trinajstić information content (AvgIpc) is 2.21. The molecular weight excluding hydrogens is 257 g/mol. The summed E-state index contributed by atoms with van der Waals surface area (Å²) in [6.07, 6.45) is 0.341. The molecule has 0 bridgehead atoms. The molecule has 0 spiro atoms. The second kappa shape index (κ2) is 10.0. The Morgan fingerprint density at radius 3 is 2.41 bits per heavy atom. The zero-order chi connectivity index (χ0) is 12.6. The topological polar surface area (TPSA) is 95.7 Å². The van der Waals surface area contributed by atoms with Crippen molar-refractivity contribution in [2.24, 2.45) is 5.73 Å². The zero-order valence-corrected chi connectivity index (χ0v) is 10.1. The van der Waals surface area contributed by atoms with Gasteiger partial charge in [-0.1, -0.05) is 6.58 Å². The van der Waals surface area contributed by atoms with Gasteiger partial charge >= 0.3 is 35.5 Å². The third kappa shape index (κ3) is 10.9. The molecule has 0 saturated carbocycles. The van der Waals surface area contributed by atoms with Gasteiger partial charge in [0.05, 0.1) is 5.75 Å². The maximum absolute atomic E-state index is 11.1. The van der Waals surface area contributed by atoms with Crippen LogP contribution in [0.2, 0.25) is 0 Å². The van der Waals surface area contributed by atoms with E-state index in [1.165, 1.54) is 6.92 Å². The van der Waals surface area contributed by atoms with E-state index in [1.54, 1.807) is 0 Å². The molecule has 0 aromatic rings. The summed E-state index contributed by atoms with van der Waals surface area (Å²) in [7, 11) is -3.56. The Morgan fingerprint density at radius 2 is 1.94 bits per heavy atom. The normalized spacial score (nSPS) is 10.5. The second-order valence-corrected chi connectivity index (χ2v) is 4.90. The average molecular weight is 275 g/mol. The quantitative estimate of drug-likeness (QED) is 0.204. The van der Waals surface area contributed by atoms with Gasteiger partial charge in [-0.3, -0.25) is 4.18 Å². The van der Waals surface area contributed by atoms with Gasteiger partial charge in [-0.15, -0.1) is 0 Å². The van der Waals surface area contributed by atoms with E-state index >= 15 is 0 Å². The summed E-state index contributed by atoms with van der Waals surface area (Å²) in [6, 6.07) is 0. The van der Waals surface area contributed by atoms with Crippen LogP contribution in [0.5, 0.6) is 0 Å². The maximum atomic E-state index is 11.1. The Kier molecular flexibility index (Phi) is 11.5. The van der Waals surface area contributed by atoms with Crippen LogP contribution in [0.15, 0.2) is 12.2 Å². The molecule has 2 N–H and O–H groups in total. The van der Waals surface area contributed by atoms with E-state index in [0.717, 1.165) is 0 Å². The van der Waals surface area contributed by atoms with Gasteiger partial charge in [-0.05, 0) is 19.9 Å². The van der Waals surface area contributed by atoms with Gasteiger partial charge in [0.1, 0.15) is 13.2 Å². The van der Waals surface area contributed by atoms with Gasteiger partial charge in [0.25, 0.3) is 10.1 Å². The first-order valence-corrected chi connectivity index (χ1v) is 6.36. The summed E-state index contributed by atoms with van der Waals surface area (Å²) >= 11 is 0. The minimum atomic E-state index is -3.56. The third-order valence-corrected chi connectivity index (χ3v) is 2.84. The Morgan fingerprint density at radius 1 is 1.35 bits per heavy atom. The summed E-state index contributed by atoms with van der Waals surface area (Å²) in [6.45, 7) is 4.86. The first-order chi connectivity index (χ1) is 7.39. The summed E-state index contributed by atoms with van der Waals surface area (Å²) in [5.41, 5.74) is 5.42. The number of rotatable bonds is 8. The van der Waals surface area contributed by atoms with Crippen LogP contribution >= 0.6 is 0 Å². The van der Waals surface area contributed by atoms with Crippen LogP contribution < -0.4 is 5.73 Å². The molecule has 0 heterocycles. The van der Waals surface area contributed by atoms with Crippen molar-refractivity contribution < 1.29 is 22.1 Å². The van der Waals surface area contributed by atoms with Crippen LogP contribution in [0, 0.1) is 0 Å². The molecule has 0 rings (SSSR count). The molecule has 0 radical (unpaired) electrons. The van der Waals surface area contributed by atoms with Gasteiger partial charge < -0.3 is 10.5 Å². The number of ether oxygens (including phenoxy) is 1. The molecule has 0 aliphatic rings. The number of esters is 1. The van der Waals surface area contributed by atoms with Crippen molar-refractivity contribution in [3.05, 3.63) is 12.2 Å². The molecule has 0 fully saturated rings. The van der Waals surface area contributed by atoms with Gasteiger partial charge in [-0.2, -0.15) is 8.42 Å². The first kappa shape index (κ1) is 19.4. The van der Waals surface area contributed by atoms with E-state index in [4.69, 9.17) is 5.73 Å². The minimum absolute atomic E-state index is 0. The fraction of sp³-hybridized carbons (Fsp3) is 0.667. The predicted octanol–water partition coefficient (Wildman–Crippen LogP) is -0.848. The Bertz CT molecular complexity index is 341. The standard InChI is InChI=1S/C9H17NO5S.Na.H/c1-8(2)9(11)14-5-6-15-16(12,13)7-3-4-10;;/h1,3-7,10H2,2H3;;. The molecule has 0 amide bonds. The number of carbonyl (C=O) groups is 1. The molecule has 0 saturated heterocycles. The SMILES string of the molecule is C=C(C)C(=O)OCCOS(=O)(=O)CCCN.[NaH]. The molecule has 17 heavy (non-hydrogen) atoms. The van der Waals surface area contributed by atoms with Gasteiger partial charge in [0.2, 0.25) is 0 Å². The van der Waals surface area contributed by atoms with Crippen LogP contribution in [-0.2, 0) is 23.8 Å². The van der Waals surface area contributed by atoms with E-state index in [2.05, 4.69) is 15.5 Å². The van der Waals surface area contributed by atoms with Gasteiger partial charge in [0.15, 0.2) is 0 Å². The number of hydrogen-bond donors (Lipinski definition) is 1. The summed E-state index contributed by atoms with van der Waals surface area (Å²) < 4.78 is 31.5. The van der Waals surface area contributed by atoms with E-state index < -0.39 is 16.1 Å². The molecule has 96 valence electrons. The molecule has 0 aromatic carbocycles. The Balaban J connectivity index is 0. The summed E-state index contributed by atoms with van der Waals surface area (Å²) in [5, 5.41) is 0. The summed E-state index contributed by atoms with van der Waals surface area (Å²) in [4.78, 5) is 10.9. The molecule has 0 aliphatic carbocycles. The molecule has 0 aromatic heterocycles. The number of hydrogen-bond acceptors (Lipinski definition) is 6. The molecule has 0 unspecified atom stereocenters. The monoisotopic (exact) mass is 275 g/mol. The molecule has 0 atom stereocenters. The Hall–Kier alpha value is 0.0800. The zero-order valence-electron chi connectivity index (χ0n) is 9.27. The van der Waals surface area contributed by atoms with Gasteiger partial charge in [0, 0.05) is 5.57 Å². The van der Waals surface area contributed by atoms with Gasteiger partial charge in [-0.25, -0.2) is 4.79 Å². The van der Waals surface area contributed by atoms with Crippen molar-refractivity contribution in [3.8, 4) is 0 Å². The van der Waals surface area contributed by atoms with Crippen molar-refractivity contribution in [1.29, 1.82) is 0 Å². The van der Waals surface area contributed by atoms with Crippen LogP contribution in [0.4, 0.5) is 0 Å². The molecule has 8 heteroatoms. The molecular formula is C9H18NNaO5S. The fourth-order valence-corrected chi connectivity index (χ4v) is 1.70. The van der Waals surface area contributed by atoms with Crippen molar-refractivity contribution in [2.75, 3.05) is 25.5 Å². The van der Waals surface area contributed by atoms with Crippen LogP contribution in [0.3, 0.4) is 0 Å². The predicted molar refractivity (Wildman–Crippen MR) is 66.3 cm³/mol. The van der Waals surface area contributed by atoms with Crippen molar-refractivity contribution >= 4 is 45.6 Å². The van der Waals surface area contributed by atoms with E-state index in [9.17, 15) is 13.2 Å². The van der Waals surface area contributed by atoms with Crippen molar-refractivity contribution in [3.63, 3.8) is 0 Å². The van der Waals surface area contributed by atoms with Crippen LogP contribution in [0.1, 0.15) is 13.3 Å². The summed E-state index contributed by atoms with van der Waals surface area (Å²) in [5.74, 6) is -0.694. The van der Waals surface area contributed by atoms with Crippen LogP contribution in [0.25, 0.3) is 0 Å². The molecule has 0 aliphatic heterocycles. The number of carbonyl (C=O) groups excluding carboxylic acids is 1. The van der Waals surface area contributed by atoms with Crippen molar-refractivity contribution in [1.82, 2.24) is 0 Å². The van der Waals surface area contributed by atoms with Crippen LogP contribution in [-0.4, -0.2) is 69.5 Å². The third-order valence-electron chi connectivity index (χ3n) is 1.53. The van der Waals surface area contributed by atoms with E-state index in [1.807, 2.05) is 0 Å². The Labute approximate surface area is 124 Å². The second-order valence-electron chi connectivity index (χ2n) is 3.14. The first-order valence-electron chi connectivity index (χ1n) is 4.79. The fourth-order valence-electron chi connectivity index (χ4n) is 0.738.